The van der Waals surface area contributed by atoms with Gasteiger partial charge in [0.2, 0.25) is 0 Å². The zero-order valence-corrected chi connectivity index (χ0v) is 20.7. The largest absolute Gasteiger partial charge is 0.677 e. The highest BCUT2D eigenvalue weighted by molar-refractivity contribution is 6.41. The van der Waals surface area contributed by atoms with Crippen molar-refractivity contribution < 1.29 is 18.5 Å². The molecule has 0 saturated carbocycles. The number of aromatic nitrogens is 3. The van der Waals surface area contributed by atoms with Crippen LogP contribution in [0.3, 0.4) is 0 Å². The van der Waals surface area contributed by atoms with Crippen LogP contribution in [-0.2, 0) is 0 Å². The Hall–Kier alpha value is -4.14. The first-order valence-corrected chi connectivity index (χ1v) is 11.5. The van der Waals surface area contributed by atoms with Gasteiger partial charge in [-0.15, -0.1) is 0 Å². The average Bonchev–Trinajstić information content (AvgIpc) is 3.47. The Morgan fingerprint density at radius 3 is 2.44 bits per heavy atom. The molecule has 0 atom stereocenters. The van der Waals surface area contributed by atoms with Gasteiger partial charge in [0.25, 0.3) is 0 Å². The lowest BCUT2D eigenvalue weighted by atomic mass is 9.95. The molecule has 1 aliphatic heterocycles. The molecule has 9 heteroatoms. The Morgan fingerprint density at radius 2 is 1.81 bits per heavy atom. The number of methoxy groups -OCH3 is 1. The number of allylic oxidation sites excluding steroid dienone is 2. The third-order valence-electron chi connectivity index (χ3n) is 6.40. The van der Waals surface area contributed by atoms with E-state index in [9.17, 15) is 13.7 Å². The Balaban J connectivity index is 1.96. The number of aryl methyl sites for hydroxylation is 2. The first kappa shape index (κ1) is 23.6. The van der Waals surface area contributed by atoms with E-state index in [-0.39, 0.29) is 5.75 Å². The number of halogens is 2. The number of aliphatic imine (C=N–C) groups is 1. The normalized spacial score (nSPS) is 14.8. The molecular formula is C27H25BF2N4O2. The van der Waals surface area contributed by atoms with E-state index in [0.29, 0.717) is 56.6 Å². The van der Waals surface area contributed by atoms with Crippen molar-refractivity contribution >= 4 is 24.3 Å². The van der Waals surface area contributed by atoms with Gasteiger partial charge in [0.15, 0.2) is 0 Å². The van der Waals surface area contributed by atoms with E-state index in [2.05, 4.69) is 0 Å². The Bertz CT molecular complexity index is 1610. The summed E-state index contributed by atoms with van der Waals surface area (Å²) in [4.78, 5) is 9.60. The Kier molecular flexibility index (Phi) is 5.78. The molecule has 0 saturated heterocycles. The van der Waals surface area contributed by atoms with Crippen LogP contribution in [0.5, 0.6) is 11.5 Å². The summed E-state index contributed by atoms with van der Waals surface area (Å²) < 4.78 is 37.1. The number of fused-ring (bicyclic) bond motifs is 1. The Morgan fingerprint density at radius 1 is 1.03 bits per heavy atom. The lowest BCUT2D eigenvalue weighted by molar-refractivity contribution is 0.408. The van der Waals surface area contributed by atoms with Gasteiger partial charge in [-0.3, -0.25) is 18.0 Å². The van der Waals surface area contributed by atoms with E-state index in [1.165, 1.54) is 13.2 Å². The predicted molar refractivity (Wildman–Crippen MR) is 139 cm³/mol. The molecule has 0 fully saturated rings. The van der Waals surface area contributed by atoms with Gasteiger partial charge in [0.1, 0.15) is 22.8 Å². The first-order chi connectivity index (χ1) is 17.2. The summed E-state index contributed by atoms with van der Waals surface area (Å²) in [5.74, 6) is 0.465. The number of rotatable bonds is 5. The predicted octanol–water partition coefficient (Wildman–Crippen LogP) is 6.09. The second kappa shape index (κ2) is 8.82. The molecule has 6 nitrogen and oxygen atoms in total. The summed E-state index contributed by atoms with van der Waals surface area (Å²) in [6, 6.07) is 12.3. The SMILES string of the molecule is COc1ccc(-c2nc3ccccn3c2/C(=C2/N=C(C)C=C2C)c2c(C)cc(C)n2B(F)F)c(O)c1. The molecule has 0 bridgehead atoms. The third-order valence-corrected chi connectivity index (χ3v) is 6.40. The number of imidazole rings is 1. The number of ether oxygens (including phenoxy) is 1. The minimum absolute atomic E-state index is 0.0288. The first-order valence-electron chi connectivity index (χ1n) is 11.5. The van der Waals surface area contributed by atoms with Gasteiger partial charge in [0.05, 0.1) is 18.5 Å². The molecule has 0 amide bonds. The minimum atomic E-state index is -2.75. The van der Waals surface area contributed by atoms with Crippen LogP contribution in [0.1, 0.15) is 36.5 Å². The van der Waals surface area contributed by atoms with Crippen molar-refractivity contribution in [2.45, 2.75) is 27.7 Å². The molecule has 1 aromatic carbocycles. The van der Waals surface area contributed by atoms with Gasteiger partial charge < -0.3 is 14.3 Å². The van der Waals surface area contributed by atoms with Gasteiger partial charge in [0, 0.05) is 40.5 Å². The van der Waals surface area contributed by atoms with E-state index in [1.54, 1.807) is 25.1 Å². The van der Waals surface area contributed by atoms with Crippen molar-refractivity contribution in [1.29, 1.82) is 0 Å². The van der Waals surface area contributed by atoms with Gasteiger partial charge >= 0.3 is 7.40 Å². The lowest BCUT2D eigenvalue weighted by Crippen LogP contribution is -2.19. The molecule has 182 valence electrons. The van der Waals surface area contributed by atoms with Crippen LogP contribution in [0, 0.1) is 13.8 Å². The number of benzene rings is 1. The fourth-order valence-electron chi connectivity index (χ4n) is 4.92. The van der Waals surface area contributed by atoms with Crippen LogP contribution in [0.15, 0.2) is 71.0 Å². The zero-order chi connectivity index (χ0) is 25.7. The smallest absolute Gasteiger partial charge is 0.507 e. The monoisotopic (exact) mass is 486 g/mol. The molecule has 0 spiro atoms. The van der Waals surface area contributed by atoms with Crippen molar-refractivity contribution in [2.24, 2.45) is 4.99 Å². The standard InChI is InChI=1S/C27H25BF2N4O2/c1-15-12-17(3)31-24(15)23(26-16(2)13-18(4)34(26)28(29)30)27-25(32-22-8-6-7-11-33(22)27)20-10-9-19(36-5)14-21(20)35/h6-14,35H,1-5H3/b24-23+. The van der Waals surface area contributed by atoms with Crippen molar-refractivity contribution in [3.63, 3.8) is 0 Å². The molecule has 0 unspecified atom stereocenters. The zero-order valence-electron chi connectivity index (χ0n) is 20.7. The second-order valence-electron chi connectivity index (χ2n) is 8.89. The molecule has 3 aromatic heterocycles. The number of aromatic hydroxyl groups is 1. The maximum Gasteiger partial charge on any atom is 0.677 e. The fraction of sp³-hybridized carbons (Fsp3) is 0.185. The average molecular weight is 486 g/mol. The van der Waals surface area contributed by atoms with E-state index in [4.69, 9.17) is 14.7 Å². The van der Waals surface area contributed by atoms with Crippen molar-refractivity contribution in [1.82, 2.24) is 13.9 Å². The van der Waals surface area contributed by atoms with Crippen LogP contribution in [0.2, 0.25) is 0 Å². The molecule has 4 heterocycles. The molecule has 4 aromatic rings. The molecule has 5 rings (SSSR count). The summed E-state index contributed by atoms with van der Waals surface area (Å²) in [6.07, 6.45) is 3.77. The van der Waals surface area contributed by atoms with E-state index >= 15 is 0 Å². The topological polar surface area (TPSA) is 64.0 Å². The number of hydrogen-bond donors (Lipinski definition) is 1. The van der Waals surface area contributed by atoms with Crippen LogP contribution >= 0.6 is 0 Å². The summed E-state index contributed by atoms with van der Waals surface area (Å²) in [6.45, 7) is 7.28. The van der Waals surface area contributed by atoms with E-state index < -0.39 is 7.40 Å². The number of hydrogen-bond acceptors (Lipinski definition) is 4. The highest BCUT2D eigenvalue weighted by Crippen LogP contribution is 2.43. The van der Waals surface area contributed by atoms with Gasteiger partial charge in [-0.2, -0.15) is 0 Å². The maximum absolute atomic E-state index is 14.5. The second-order valence-corrected chi connectivity index (χ2v) is 8.89. The van der Waals surface area contributed by atoms with E-state index in [1.807, 2.05) is 55.6 Å². The molecule has 1 aliphatic rings. The van der Waals surface area contributed by atoms with Crippen molar-refractivity contribution in [2.75, 3.05) is 7.11 Å². The minimum Gasteiger partial charge on any atom is -0.507 e. The maximum atomic E-state index is 14.5. The number of phenolic OH excluding ortho intramolecular Hbond substituents is 1. The molecule has 0 aliphatic carbocycles. The number of nitrogens with zero attached hydrogens (tertiary/aromatic N) is 4. The fourth-order valence-corrected chi connectivity index (χ4v) is 4.92. The van der Waals surface area contributed by atoms with Gasteiger partial charge in [-0.05, 0) is 75.2 Å². The van der Waals surface area contributed by atoms with Crippen molar-refractivity contribution in [3.05, 3.63) is 88.7 Å². The third kappa shape index (κ3) is 3.71. The van der Waals surface area contributed by atoms with Crippen molar-refractivity contribution in [3.8, 4) is 22.8 Å². The number of phenols is 1. The van der Waals surface area contributed by atoms with Crippen LogP contribution < -0.4 is 4.74 Å². The summed E-state index contributed by atoms with van der Waals surface area (Å²) in [5, 5.41) is 10.9. The van der Waals surface area contributed by atoms with Gasteiger partial charge in [-0.1, -0.05) is 6.07 Å². The molecular weight excluding hydrogens is 461 g/mol. The van der Waals surface area contributed by atoms with E-state index in [0.717, 1.165) is 15.8 Å². The quantitative estimate of drug-likeness (QED) is 0.348. The molecule has 1 N–H and O–H groups in total. The highest BCUT2D eigenvalue weighted by atomic mass is 19.2. The highest BCUT2D eigenvalue weighted by Gasteiger charge is 2.32. The number of pyridine rings is 1. The van der Waals surface area contributed by atoms with Gasteiger partial charge in [-0.25, -0.2) is 4.98 Å². The Labute approximate surface area is 208 Å². The van der Waals surface area contributed by atoms with Crippen LogP contribution in [0.25, 0.3) is 22.5 Å². The lowest BCUT2D eigenvalue weighted by Gasteiger charge is -2.18. The summed E-state index contributed by atoms with van der Waals surface area (Å²) >= 11 is 0. The van der Waals surface area contributed by atoms with Crippen LogP contribution in [-0.4, -0.2) is 39.2 Å². The summed E-state index contributed by atoms with van der Waals surface area (Å²) in [5.41, 5.74) is 6.35. The molecule has 0 radical (unpaired) electrons. The van der Waals surface area contributed by atoms with Crippen LogP contribution in [0.4, 0.5) is 8.63 Å². The molecule has 36 heavy (non-hydrogen) atoms. The summed E-state index contributed by atoms with van der Waals surface area (Å²) in [7, 11) is -1.23.